The minimum Gasteiger partial charge on any atom is -0.463 e. The number of nitrogens with zero attached hydrogens (tertiary/aromatic N) is 4. The molecular formula is C30H40FN5O14P2S. The summed E-state index contributed by atoms with van der Waals surface area (Å²) in [4.78, 5) is 57.2. The minimum atomic E-state index is -5.43. The third kappa shape index (κ3) is 10.2. The first-order chi connectivity index (χ1) is 25.0. The Balaban J connectivity index is 1.22. The van der Waals surface area contributed by atoms with Crippen molar-refractivity contribution in [2.75, 3.05) is 18.5 Å². The molecule has 0 radical (unpaired) electrons. The van der Waals surface area contributed by atoms with Gasteiger partial charge in [0.25, 0.3) is 0 Å². The zero-order valence-corrected chi connectivity index (χ0v) is 31.4. The highest BCUT2D eigenvalue weighted by molar-refractivity contribution is 8.08. The van der Waals surface area contributed by atoms with Gasteiger partial charge >= 0.3 is 26.5 Å². The van der Waals surface area contributed by atoms with Crippen LogP contribution in [0.1, 0.15) is 39.5 Å². The van der Waals surface area contributed by atoms with Crippen LogP contribution in [0.5, 0.6) is 0 Å². The van der Waals surface area contributed by atoms with Gasteiger partial charge in [-0.05, 0) is 23.3 Å². The molecule has 4 heterocycles. The molecule has 19 nitrogen and oxygen atoms in total. The number of carbonyl (C=O) groups is 2. The first kappa shape index (κ1) is 41.1. The summed E-state index contributed by atoms with van der Waals surface area (Å²) in [5.41, 5.74) is 1.60. The number of nitrogens with one attached hydrogen (secondary N) is 1. The van der Waals surface area contributed by atoms with E-state index < -0.39 is 101 Å². The highest BCUT2D eigenvalue weighted by Gasteiger charge is 2.51. The molecule has 1 aromatic carbocycles. The molecule has 2 aliphatic rings. The first-order valence-electron chi connectivity index (χ1n) is 16.2. The normalized spacial score (nSPS) is 30.2. The number of carbonyl (C=O) groups excluding carboxylic acids is 2. The number of imidazole rings is 1. The number of fused-ring (bicyclic) bond motifs is 1. The fraction of sp³-hybridized carbons (Fsp3) is 0.567. The van der Waals surface area contributed by atoms with Crippen molar-refractivity contribution >= 4 is 55.3 Å². The van der Waals surface area contributed by atoms with Crippen molar-refractivity contribution in [3.05, 3.63) is 48.5 Å². The van der Waals surface area contributed by atoms with Crippen molar-refractivity contribution in [3.63, 3.8) is 0 Å². The number of halogens is 1. The Labute approximate surface area is 307 Å². The number of rotatable bonds is 15. The summed E-state index contributed by atoms with van der Waals surface area (Å²) in [7, 11) is -5.43. The zero-order chi connectivity index (χ0) is 38.7. The minimum absolute atomic E-state index is 0.260. The van der Waals surface area contributed by atoms with E-state index in [2.05, 4.69) is 20.3 Å². The lowest BCUT2D eigenvalue weighted by atomic mass is 9.82. The predicted molar refractivity (Wildman–Crippen MR) is 184 cm³/mol. The molecule has 0 amide bonds. The fourth-order valence-corrected chi connectivity index (χ4v) is 8.96. The van der Waals surface area contributed by atoms with Crippen molar-refractivity contribution in [3.8, 4) is 0 Å². The molecule has 5 rings (SSSR count). The van der Waals surface area contributed by atoms with Crippen molar-refractivity contribution in [2.24, 2.45) is 11.8 Å². The molecule has 5 N–H and O–H groups in total. The summed E-state index contributed by atoms with van der Waals surface area (Å²) in [5, 5.41) is 24.8. The maximum atomic E-state index is 15.1. The third-order valence-electron chi connectivity index (χ3n) is 8.65. The fourth-order valence-electron chi connectivity index (χ4n) is 5.87. The number of hydrogen-bond donors (Lipinski definition) is 5. The number of alkyl halides is 1. The number of esters is 2. The molecule has 53 heavy (non-hydrogen) atoms. The standard InChI is InChI=1S/C30H40FN5O14P2S/c1-15-16(2)26(46-18(4)38)30(48-25(15)20(31)11-44-17(3)37)49-51(41,42)50-52(43,53)45-12-21-23(39)24(40)29(47-21)36-14-35-22-27(33-13-34-28(22)36)32-10-19-8-6-5-7-9-19/h5-9,13-16,20-21,23-26,29-30,39-40H,10-12H2,1-4H3,(H,41,42)(H,43,53)(H,32,33,34)/t15-,16-,20-,21+,23-,24?,25?,26?,29+,30-,52?/m0/s1. The lowest BCUT2D eigenvalue weighted by Gasteiger charge is -2.44. The molecule has 2 fully saturated rings. The third-order valence-corrected chi connectivity index (χ3v) is 12.2. The van der Waals surface area contributed by atoms with Crippen LogP contribution in [0, 0.1) is 11.8 Å². The van der Waals surface area contributed by atoms with E-state index in [1.807, 2.05) is 30.3 Å². The lowest BCUT2D eigenvalue weighted by molar-refractivity contribution is -0.262. The number of aliphatic hydroxyl groups is 2. The van der Waals surface area contributed by atoms with Crippen LogP contribution in [0.3, 0.4) is 0 Å². The van der Waals surface area contributed by atoms with Crippen LogP contribution in [-0.2, 0) is 64.8 Å². The number of ether oxygens (including phenoxy) is 4. The molecule has 0 aliphatic carbocycles. The van der Waals surface area contributed by atoms with E-state index in [1.165, 1.54) is 17.2 Å². The van der Waals surface area contributed by atoms with Crippen LogP contribution in [0.4, 0.5) is 10.2 Å². The van der Waals surface area contributed by atoms with Gasteiger partial charge in [0, 0.05) is 26.3 Å². The molecule has 0 bridgehead atoms. The number of aromatic nitrogens is 4. The first-order valence-corrected chi connectivity index (χ1v) is 20.3. The number of phosphoric acid groups is 1. The van der Waals surface area contributed by atoms with E-state index in [-0.39, 0.29) is 5.65 Å². The van der Waals surface area contributed by atoms with Gasteiger partial charge in [-0.25, -0.2) is 28.2 Å². The maximum absolute atomic E-state index is 15.1. The second-order valence-electron chi connectivity index (χ2n) is 12.4. The van der Waals surface area contributed by atoms with Crippen LogP contribution >= 0.6 is 14.5 Å². The molecule has 23 heteroatoms. The average molecular weight is 808 g/mol. The van der Waals surface area contributed by atoms with Crippen molar-refractivity contribution in [1.82, 2.24) is 19.5 Å². The van der Waals surface area contributed by atoms with Crippen LogP contribution < -0.4 is 5.32 Å². The smallest absolute Gasteiger partial charge is 0.463 e. The van der Waals surface area contributed by atoms with Crippen molar-refractivity contribution in [1.29, 1.82) is 0 Å². The lowest BCUT2D eigenvalue weighted by Crippen LogP contribution is -2.55. The second-order valence-corrected chi connectivity index (χ2v) is 16.8. The Morgan fingerprint density at radius 3 is 2.45 bits per heavy atom. The Morgan fingerprint density at radius 1 is 1.06 bits per heavy atom. The summed E-state index contributed by atoms with van der Waals surface area (Å²) in [6.45, 7) is -0.390. The van der Waals surface area contributed by atoms with Gasteiger partial charge < -0.3 is 48.8 Å². The Morgan fingerprint density at radius 2 is 1.77 bits per heavy atom. The van der Waals surface area contributed by atoms with Crippen LogP contribution in [0.2, 0.25) is 0 Å². The average Bonchev–Trinajstić information content (AvgIpc) is 3.65. The maximum Gasteiger partial charge on any atom is 0.481 e. The molecule has 2 aromatic heterocycles. The molecule has 292 valence electrons. The number of phosphoric ester groups is 1. The van der Waals surface area contributed by atoms with Gasteiger partial charge in [-0.1, -0.05) is 44.2 Å². The molecule has 2 aliphatic heterocycles. The van der Waals surface area contributed by atoms with Crippen molar-refractivity contribution < 1.29 is 70.8 Å². The summed E-state index contributed by atoms with van der Waals surface area (Å²) in [5.74, 6) is -2.54. The van der Waals surface area contributed by atoms with Crippen LogP contribution in [0.25, 0.3) is 11.2 Å². The van der Waals surface area contributed by atoms with E-state index in [9.17, 15) is 34.2 Å². The van der Waals surface area contributed by atoms with Crippen LogP contribution in [0.15, 0.2) is 43.0 Å². The van der Waals surface area contributed by atoms with Gasteiger partial charge in [-0.3, -0.25) is 18.7 Å². The summed E-state index contributed by atoms with van der Waals surface area (Å²) >= 11 is 4.91. The summed E-state index contributed by atoms with van der Waals surface area (Å²) < 4.78 is 66.1. The summed E-state index contributed by atoms with van der Waals surface area (Å²) in [6, 6.07) is 9.55. The second kappa shape index (κ2) is 17.2. The SMILES string of the molecule is CC(=O)OC[C@H](F)C1O[C@@H](OP(=O)(O)OP(O)(=S)OC[C@H]2O[C@@H](n3cnc4c(NCc5ccccc5)ncnc43)C(O)[C@H]2O)C(OC(C)=O)[C@@H](C)[C@@H]1C. The van der Waals surface area contributed by atoms with E-state index in [0.717, 1.165) is 19.4 Å². The molecule has 12 atom stereocenters. The van der Waals surface area contributed by atoms with E-state index in [0.29, 0.717) is 17.9 Å². The van der Waals surface area contributed by atoms with Gasteiger partial charge in [-0.2, -0.15) is 0 Å². The topological polar surface area (TPSA) is 252 Å². The highest BCUT2D eigenvalue weighted by atomic mass is 32.5. The van der Waals surface area contributed by atoms with Gasteiger partial charge in [0.05, 0.1) is 19.0 Å². The Kier molecular flexibility index (Phi) is 13.3. The van der Waals surface area contributed by atoms with E-state index in [4.69, 9.17) is 44.1 Å². The van der Waals surface area contributed by atoms with Gasteiger partial charge in [0.15, 0.2) is 35.5 Å². The molecule has 5 unspecified atom stereocenters. The highest BCUT2D eigenvalue weighted by Crippen LogP contribution is 2.62. The molecule has 0 saturated carbocycles. The monoisotopic (exact) mass is 807 g/mol. The summed E-state index contributed by atoms with van der Waals surface area (Å²) in [6.07, 6.45) is -9.65. The van der Waals surface area contributed by atoms with Gasteiger partial charge in [0.1, 0.15) is 31.2 Å². The predicted octanol–water partition coefficient (Wildman–Crippen LogP) is 2.25. The Hall–Kier alpha value is -3.04. The quantitative estimate of drug-likeness (QED) is 0.109. The van der Waals surface area contributed by atoms with Crippen molar-refractivity contribution in [2.45, 2.75) is 83.4 Å². The Bertz CT molecular complexity index is 1850. The van der Waals surface area contributed by atoms with E-state index in [1.54, 1.807) is 13.8 Å². The van der Waals surface area contributed by atoms with Gasteiger partial charge in [-0.15, -0.1) is 0 Å². The number of anilines is 1. The number of benzene rings is 1. The zero-order valence-electron chi connectivity index (χ0n) is 28.8. The van der Waals surface area contributed by atoms with Crippen LogP contribution in [-0.4, -0.2) is 108 Å². The number of aliphatic hydroxyl groups excluding tert-OH is 2. The molecule has 2 saturated heterocycles. The molecule has 3 aromatic rings. The number of hydrogen-bond acceptors (Lipinski definition) is 17. The molecular weight excluding hydrogens is 767 g/mol. The largest absolute Gasteiger partial charge is 0.481 e. The van der Waals surface area contributed by atoms with Gasteiger partial charge in [0.2, 0.25) is 6.29 Å². The molecule has 0 spiro atoms. The van der Waals surface area contributed by atoms with E-state index >= 15 is 4.39 Å².